The SMILES string of the molecule is O=C(NC(CC(F)(F)F)c1ccccc1)c1cn2c(n1)CCC2. The number of carbonyl (C=O) groups excluding carboxylic acids is 1. The van der Waals surface area contributed by atoms with Crippen molar-refractivity contribution < 1.29 is 18.0 Å². The van der Waals surface area contributed by atoms with Crippen LogP contribution < -0.4 is 5.32 Å². The number of rotatable bonds is 4. The van der Waals surface area contributed by atoms with Gasteiger partial charge in [-0.25, -0.2) is 4.98 Å². The summed E-state index contributed by atoms with van der Waals surface area (Å²) in [5.74, 6) is 0.229. The molecule has 1 atom stereocenters. The highest BCUT2D eigenvalue weighted by atomic mass is 19.4. The fourth-order valence-corrected chi connectivity index (χ4v) is 2.77. The van der Waals surface area contributed by atoms with Crippen molar-refractivity contribution in [3.05, 3.63) is 53.6 Å². The number of halogens is 3. The number of benzene rings is 1. The molecule has 3 rings (SSSR count). The van der Waals surface area contributed by atoms with Gasteiger partial charge in [0, 0.05) is 19.2 Å². The van der Waals surface area contributed by atoms with Crippen molar-refractivity contribution in [1.82, 2.24) is 14.9 Å². The number of nitrogens with zero attached hydrogens (tertiary/aromatic N) is 2. The zero-order chi connectivity index (χ0) is 16.4. The number of aryl methyl sites for hydroxylation is 2. The quantitative estimate of drug-likeness (QED) is 0.939. The summed E-state index contributed by atoms with van der Waals surface area (Å²) >= 11 is 0. The Morgan fingerprint density at radius 2 is 2.04 bits per heavy atom. The maximum absolute atomic E-state index is 12.8. The van der Waals surface area contributed by atoms with E-state index in [9.17, 15) is 18.0 Å². The Bertz CT molecular complexity index is 673. The summed E-state index contributed by atoms with van der Waals surface area (Å²) in [6.45, 7) is 0.792. The van der Waals surface area contributed by atoms with E-state index in [1.54, 1.807) is 36.5 Å². The van der Waals surface area contributed by atoms with E-state index in [0.29, 0.717) is 5.56 Å². The molecule has 1 aliphatic heterocycles. The molecule has 0 bridgehead atoms. The molecule has 1 N–H and O–H groups in total. The zero-order valence-corrected chi connectivity index (χ0v) is 12.3. The van der Waals surface area contributed by atoms with E-state index in [1.807, 2.05) is 4.57 Å². The second-order valence-electron chi connectivity index (χ2n) is 5.60. The summed E-state index contributed by atoms with van der Waals surface area (Å²) in [7, 11) is 0. The first-order chi connectivity index (χ1) is 10.9. The van der Waals surface area contributed by atoms with Crippen LogP contribution in [0.5, 0.6) is 0 Å². The molecule has 0 aliphatic carbocycles. The third-order valence-electron chi connectivity index (χ3n) is 3.83. The normalized spacial score (nSPS) is 15.3. The Labute approximate surface area is 131 Å². The molecule has 0 saturated heterocycles. The predicted molar refractivity (Wildman–Crippen MR) is 77.9 cm³/mol. The van der Waals surface area contributed by atoms with Crippen LogP contribution in [0.15, 0.2) is 36.5 Å². The highest BCUT2D eigenvalue weighted by Gasteiger charge is 2.34. The van der Waals surface area contributed by atoms with Gasteiger partial charge in [-0.2, -0.15) is 13.2 Å². The summed E-state index contributed by atoms with van der Waals surface area (Å²) in [4.78, 5) is 16.5. The van der Waals surface area contributed by atoms with Crippen LogP contribution >= 0.6 is 0 Å². The topological polar surface area (TPSA) is 46.9 Å². The maximum Gasteiger partial charge on any atom is 0.391 e. The van der Waals surface area contributed by atoms with Crippen LogP contribution in [0, 0.1) is 0 Å². The first kappa shape index (κ1) is 15.6. The van der Waals surface area contributed by atoms with E-state index in [1.165, 1.54) is 0 Å². The van der Waals surface area contributed by atoms with E-state index in [4.69, 9.17) is 0 Å². The molecule has 7 heteroatoms. The standard InChI is InChI=1S/C16H16F3N3O/c17-16(18,19)9-12(11-5-2-1-3-6-11)21-15(23)13-10-22-8-4-7-14(22)20-13/h1-3,5-6,10,12H,4,7-9H2,(H,21,23). The first-order valence-electron chi connectivity index (χ1n) is 7.41. The molecule has 0 saturated carbocycles. The molecule has 122 valence electrons. The van der Waals surface area contributed by atoms with Gasteiger partial charge in [0.2, 0.25) is 0 Å². The molecule has 1 unspecified atom stereocenters. The number of fused-ring (bicyclic) bond motifs is 1. The van der Waals surface area contributed by atoms with Crippen LogP contribution in [0.3, 0.4) is 0 Å². The number of hydrogen-bond acceptors (Lipinski definition) is 2. The van der Waals surface area contributed by atoms with Crippen LogP contribution in [-0.2, 0) is 13.0 Å². The van der Waals surface area contributed by atoms with E-state index in [2.05, 4.69) is 10.3 Å². The second-order valence-corrected chi connectivity index (χ2v) is 5.60. The highest BCUT2D eigenvalue weighted by Crippen LogP contribution is 2.29. The predicted octanol–water partition coefficient (Wildman–Crippen LogP) is 3.25. The van der Waals surface area contributed by atoms with Gasteiger partial charge in [0.1, 0.15) is 11.5 Å². The lowest BCUT2D eigenvalue weighted by Gasteiger charge is -2.20. The van der Waals surface area contributed by atoms with Gasteiger partial charge in [0.25, 0.3) is 5.91 Å². The Kier molecular flexibility index (Phi) is 4.11. The van der Waals surface area contributed by atoms with Gasteiger partial charge in [-0.05, 0) is 12.0 Å². The van der Waals surface area contributed by atoms with Gasteiger partial charge in [-0.3, -0.25) is 4.79 Å². The Morgan fingerprint density at radius 1 is 1.30 bits per heavy atom. The number of alkyl halides is 3. The summed E-state index contributed by atoms with van der Waals surface area (Å²) in [6.07, 6.45) is -2.11. The summed E-state index contributed by atoms with van der Waals surface area (Å²) in [6, 6.07) is 7.04. The van der Waals surface area contributed by atoms with E-state index in [-0.39, 0.29) is 5.69 Å². The fraction of sp³-hybridized carbons (Fsp3) is 0.375. The lowest BCUT2D eigenvalue weighted by molar-refractivity contribution is -0.139. The molecule has 4 nitrogen and oxygen atoms in total. The zero-order valence-electron chi connectivity index (χ0n) is 12.3. The van der Waals surface area contributed by atoms with Gasteiger partial charge >= 0.3 is 6.18 Å². The number of imidazole rings is 1. The minimum Gasteiger partial charge on any atom is -0.344 e. The lowest BCUT2D eigenvalue weighted by Crippen LogP contribution is -2.32. The summed E-state index contributed by atoms with van der Waals surface area (Å²) < 4.78 is 40.3. The molecular formula is C16H16F3N3O. The molecule has 2 heterocycles. The van der Waals surface area contributed by atoms with Crippen LogP contribution in [0.4, 0.5) is 13.2 Å². The minimum atomic E-state index is -4.37. The Balaban J connectivity index is 1.78. The number of nitrogens with one attached hydrogen (secondary N) is 1. The average molecular weight is 323 g/mol. The molecule has 1 amide bonds. The van der Waals surface area contributed by atoms with Crippen LogP contribution in [-0.4, -0.2) is 21.6 Å². The van der Waals surface area contributed by atoms with Crippen LogP contribution in [0.2, 0.25) is 0 Å². The Hall–Kier alpha value is -2.31. The lowest BCUT2D eigenvalue weighted by atomic mass is 10.0. The number of amides is 1. The summed E-state index contributed by atoms with van der Waals surface area (Å²) in [5, 5.41) is 2.46. The molecule has 2 aromatic rings. The van der Waals surface area contributed by atoms with Crippen LogP contribution in [0.1, 0.15) is 40.8 Å². The van der Waals surface area contributed by atoms with Gasteiger partial charge in [0.15, 0.2) is 0 Å². The average Bonchev–Trinajstić information content (AvgIpc) is 3.07. The van der Waals surface area contributed by atoms with E-state index < -0.39 is 24.5 Å². The monoisotopic (exact) mass is 323 g/mol. The van der Waals surface area contributed by atoms with E-state index >= 15 is 0 Å². The summed E-state index contributed by atoms with van der Waals surface area (Å²) in [5.41, 5.74) is 0.590. The van der Waals surface area contributed by atoms with Crippen molar-refractivity contribution in [3.63, 3.8) is 0 Å². The van der Waals surface area contributed by atoms with Crippen molar-refractivity contribution in [1.29, 1.82) is 0 Å². The molecule has 0 spiro atoms. The van der Waals surface area contributed by atoms with Gasteiger partial charge in [0.05, 0.1) is 12.5 Å². The third-order valence-corrected chi connectivity index (χ3v) is 3.83. The van der Waals surface area contributed by atoms with Crippen molar-refractivity contribution in [2.45, 2.75) is 38.0 Å². The number of carbonyl (C=O) groups is 1. The smallest absolute Gasteiger partial charge is 0.344 e. The van der Waals surface area contributed by atoms with Crippen molar-refractivity contribution >= 4 is 5.91 Å². The van der Waals surface area contributed by atoms with Crippen molar-refractivity contribution in [2.24, 2.45) is 0 Å². The van der Waals surface area contributed by atoms with Crippen molar-refractivity contribution in [2.75, 3.05) is 0 Å². The number of hydrogen-bond donors (Lipinski definition) is 1. The molecule has 1 aliphatic rings. The van der Waals surface area contributed by atoms with Gasteiger partial charge in [-0.1, -0.05) is 30.3 Å². The third kappa shape index (κ3) is 3.72. The van der Waals surface area contributed by atoms with Gasteiger partial charge in [-0.15, -0.1) is 0 Å². The number of aromatic nitrogens is 2. The molecule has 0 radical (unpaired) electrons. The van der Waals surface area contributed by atoms with Gasteiger partial charge < -0.3 is 9.88 Å². The molecule has 23 heavy (non-hydrogen) atoms. The first-order valence-corrected chi connectivity index (χ1v) is 7.41. The largest absolute Gasteiger partial charge is 0.391 e. The fourth-order valence-electron chi connectivity index (χ4n) is 2.77. The van der Waals surface area contributed by atoms with Crippen LogP contribution in [0.25, 0.3) is 0 Å². The molecule has 0 fully saturated rings. The van der Waals surface area contributed by atoms with E-state index in [0.717, 1.165) is 25.2 Å². The molecular weight excluding hydrogens is 307 g/mol. The second kappa shape index (κ2) is 6.06. The highest BCUT2D eigenvalue weighted by molar-refractivity contribution is 5.92. The maximum atomic E-state index is 12.8. The molecule has 1 aromatic carbocycles. The molecule has 1 aromatic heterocycles. The Morgan fingerprint density at radius 3 is 2.70 bits per heavy atom. The minimum absolute atomic E-state index is 0.169. The van der Waals surface area contributed by atoms with Crippen molar-refractivity contribution in [3.8, 4) is 0 Å².